The second-order valence-electron chi connectivity index (χ2n) is 15.2. The number of rotatable bonds is 5. The van der Waals surface area contributed by atoms with Crippen LogP contribution in [-0.2, 0) is 0 Å². The number of fused-ring (bicyclic) bond motifs is 8. The number of pyridine rings is 2. The summed E-state index contributed by atoms with van der Waals surface area (Å²) >= 11 is 3.83. The van der Waals surface area contributed by atoms with E-state index in [4.69, 9.17) is 9.97 Å². The standard InChI is InChI=1S/C54H34N2S2/c1-3-13-39-37(11-1)35(23-25-41(39)45-17-9-19-47-43-15-5-7-21-51(43)57-53(45)47)33-27-29-55-49(31-33)50-32-34(28-30-56-50)36-24-26-42(40-14-4-2-12-38(36)40)46-18-10-20-48-44-16-6-8-22-52(44)58-54(46)48/h1-17,19-32,46H,18H2. The minimum absolute atomic E-state index is 0.325. The van der Waals surface area contributed by atoms with Crippen molar-refractivity contribution >= 4 is 80.6 Å². The fourth-order valence-corrected chi connectivity index (χ4v) is 11.9. The molecule has 1 atom stereocenters. The predicted octanol–water partition coefficient (Wildman–Crippen LogP) is 15.6. The lowest BCUT2D eigenvalue weighted by molar-refractivity contribution is 0.848. The molecular weight excluding hydrogens is 741 g/mol. The molecule has 0 spiro atoms. The van der Waals surface area contributed by atoms with Gasteiger partial charge in [0, 0.05) is 53.6 Å². The number of hydrogen-bond acceptors (Lipinski definition) is 4. The van der Waals surface area contributed by atoms with Gasteiger partial charge >= 0.3 is 0 Å². The smallest absolute Gasteiger partial charge is 0.0892 e. The average Bonchev–Trinajstić information content (AvgIpc) is 3.87. The molecule has 1 aliphatic carbocycles. The van der Waals surface area contributed by atoms with Gasteiger partial charge in [0.1, 0.15) is 0 Å². The molecule has 1 unspecified atom stereocenters. The van der Waals surface area contributed by atoms with Crippen LogP contribution in [0.15, 0.2) is 182 Å². The van der Waals surface area contributed by atoms with Gasteiger partial charge in [0.25, 0.3) is 0 Å². The highest BCUT2D eigenvalue weighted by Gasteiger charge is 2.25. The summed E-state index contributed by atoms with van der Waals surface area (Å²) in [5.41, 5.74) is 11.7. The van der Waals surface area contributed by atoms with E-state index in [0.717, 1.165) is 28.9 Å². The molecule has 11 aromatic rings. The quantitative estimate of drug-likeness (QED) is 0.174. The Labute approximate surface area is 344 Å². The van der Waals surface area contributed by atoms with Gasteiger partial charge in [0.2, 0.25) is 0 Å². The van der Waals surface area contributed by atoms with Crippen LogP contribution in [0, 0.1) is 0 Å². The van der Waals surface area contributed by atoms with Crippen molar-refractivity contribution in [2.24, 2.45) is 0 Å². The molecule has 272 valence electrons. The van der Waals surface area contributed by atoms with Crippen molar-refractivity contribution in [3.63, 3.8) is 0 Å². The van der Waals surface area contributed by atoms with Crippen molar-refractivity contribution in [1.82, 2.24) is 9.97 Å². The van der Waals surface area contributed by atoms with Crippen molar-refractivity contribution in [3.05, 3.63) is 198 Å². The molecule has 0 bridgehead atoms. The van der Waals surface area contributed by atoms with E-state index in [9.17, 15) is 0 Å². The van der Waals surface area contributed by atoms with E-state index in [-0.39, 0.29) is 0 Å². The Bertz CT molecular complexity index is 3460. The molecule has 0 fully saturated rings. The van der Waals surface area contributed by atoms with Crippen LogP contribution in [0.25, 0.3) is 103 Å². The van der Waals surface area contributed by atoms with Crippen LogP contribution >= 0.6 is 22.7 Å². The van der Waals surface area contributed by atoms with E-state index < -0.39 is 0 Å². The first-order chi connectivity index (χ1) is 28.8. The van der Waals surface area contributed by atoms with Gasteiger partial charge in [-0.3, -0.25) is 9.97 Å². The van der Waals surface area contributed by atoms with Crippen LogP contribution < -0.4 is 0 Å². The minimum atomic E-state index is 0.325. The molecule has 0 saturated carbocycles. The Kier molecular flexibility index (Phi) is 7.75. The third-order valence-electron chi connectivity index (χ3n) is 12.0. The zero-order valence-corrected chi connectivity index (χ0v) is 33.0. The van der Waals surface area contributed by atoms with Crippen molar-refractivity contribution < 1.29 is 0 Å². The van der Waals surface area contributed by atoms with Crippen molar-refractivity contribution in [2.75, 3.05) is 0 Å². The van der Waals surface area contributed by atoms with Crippen LogP contribution in [0.3, 0.4) is 0 Å². The van der Waals surface area contributed by atoms with Crippen molar-refractivity contribution in [2.45, 2.75) is 12.3 Å². The van der Waals surface area contributed by atoms with Gasteiger partial charge in [-0.2, -0.15) is 0 Å². The number of nitrogens with zero attached hydrogens (tertiary/aromatic N) is 2. The van der Waals surface area contributed by atoms with Crippen LogP contribution in [0.5, 0.6) is 0 Å². The first-order valence-corrected chi connectivity index (χ1v) is 21.5. The zero-order chi connectivity index (χ0) is 38.2. The number of allylic oxidation sites excluding steroid dienone is 1. The molecule has 2 nitrogen and oxygen atoms in total. The molecule has 4 aromatic heterocycles. The summed E-state index contributed by atoms with van der Waals surface area (Å²) in [4.78, 5) is 11.2. The fourth-order valence-electron chi connectivity index (χ4n) is 9.31. The topological polar surface area (TPSA) is 25.8 Å². The predicted molar refractivity (Wildman–Crippen MR) is 249 cm³/mol. The van der Waals surface area contributed by atoms with Gasteiger partial charge in [-0.1, -0.05) is 140 Å². The van der Waals surface area contributed by atoms with Crippen molar-refractivity contribution in [1.29, 1.82) is 0 Å². The second kappa shape index (κ2) is 13.5. The summed E-state index contributed by atoms with van der Waals surface area (Å²) < 4.78 is 4.01. The van der Waals surface area contributed by atoms with Gasteiger partial charge in [0.05, 0.1) is 11.4 Å². The number of benzene rings is 7. The maximum atomic E-state index is 4.88. The molecule has 0 radical (unpaired) electrons. The SMILES string of the molecule is C1=Cc2c(sc3ccccc23)C(c2ccc(-c3ccnc(-c4cc(-c5ccc(-c6cccc7c6sc6ccccc67)c6ccccc56)ccn4)c3)c3ccccc23)C1. The molecule has 0 N–H and O–H groups in total. The molecule has 0 saturated heterocycles. The van der Waals surface area contributed by atoms with Crippen LogP contribution in [0.4, 0.5) is 0 Å². The first-order valence-electron chi connectivity index (χ1n) is 19.8. The number of aromatic nitrogens is 2. The van der Waals surface area contributed by atoms with E-state index in [1.807, 2.05) is 35.1 Å². The van der Waals surface area contributed by atoms with Crippen LogP contribution in [-0.4, -0.2) is 9.97 Å². The molecule has 7 aromatic carbocycles. The summed E-state index contributed by atoms with van der Waals surface area (Å²) in [5.74, 6) is 0.325. The Morgan fingerprint density at radius 3 is 1.71 bits per heavy atom. The Hall–Kier alpha value is -6.72. The maximum absolute atomic E-state index is 4.88. The lowest BCUT2D eigenvalue weighted by atomic mass is 9.83. The fraction of sp³-hybridized carbons (Fsp3) is 0.0370. The lowest BCUT2D eigenvalue weighted by Gasteiger charge is -2.22. The van der Waals surface area contributed by atoms with E-state index in [1.54, 1.807) is 0 Å². The Morgan fingerprint density at radius 2 is 0.983 bits per heavy atom. The zero-order valence-electron chi connectivity index (χ0n) is 31.4. The van der Waals surface area contributed by atoms with E-state index in [2.05, 4.69) is 176 Å². The summed E-state index contributed by atoms with van der Waals surface area (Å²) in [5, 5.41) is 9.02. The van der Waals surface area contributed by atoms with Gasteiger partial charge in [-0.25, -0.2) is 0 Å². The van der Waals surface area contributed by atoms with Crippen LogP contribution in [0.1, 0.15) is 28.3 Å². The highest BCUT2D eigenvalue weighted by atomic mass is 32.1. The third kappa shape index (κ3) is 5.30. The molecule has 0 amide bonds. The van der Waals surface area contributed by atoms with Gasteiger partial charge in [-0.05, 0) is 109 Å². The largest absolute Gasteiger partial charge is 0.255 e. The summed E-state index contributed by atoms with van der Waals surface area (Å²) in [6, 6.07) is 59.9. The average molecular weight is 775 g/mol. The molecule has 12 rings (SSSR count). The second-order valence-corrected chi connectivity index (χ2v) is 17.3. The highest BCUT2D eigenvalue weighted by Crippen LogP contribution is 2.47. The maximum Gasteiger partial charge on any atom is 0.0892 e. The molecule has 0 aliphatic heterocycles. The van der Waals surface area contributed by atoms with Gasteiger partial charge in [0.15, 0.2) is 0 Å². The summed E-state index contributed by atoms with van der Waals surface area (Å²) in [7, 11) is 0. The van der Waals surface area contributed by atoms with Gasteiger partial charge in [-0.15, -0.1) is 22.7 Å². The molecule has 4 heteroatoms. The summed E-state index contributed by atoms with van der Waals surface area (Å²) in [6.07, 6.45) is 9.54. The van der Waals surface area contributed by atoms with E-state index in [0.29, 0.717) is 5.92 Å². The molecule has 1 aliphatic rings. The van der Waals surface area contributed by atoms with Crippen LogP contribution in [0.2, 0.25) is 0 Å². The monoisotopic (exact) mass is 774 g/mol. The Morgan fingerprint density at radius 1 is 0.431 bits per heavy atom. The van der Waals surface area contributed by atoms with Gasteiger partial charge < -0.3 is 0 Å². The first kappa shape index (κ1) is 33.4. The molecular formula is C54H34N2S2. The van der Waals surface area contributed by atoms with Crippen molar-refractivity contribution in [3.8, 4) is 44.8 Å². The normalized spacial score (nSPS) is 13.9. The minimum Gasteiger partial charge on any atom is -0.255 e. The van der Waals surface area contributed by atoms with E-state index in [1.165, 1.54) is 90.1 Å². The van der Waals surface area contributed by atoms with E-state index >= 15 is 0 Å². The summed E-state index contributed by atoms with van der Waals surface area (Å²) in [6.45, 7) is 0. The molecule has 4 heterocycles. The number of hydrogen-bond donors (Lipinski definition) is 0. The Balaban J connectivity index is 0.926. The number of thiophene rings is 2. The molecule has 58 heavy (non-hydrogen) atoms. The highest BCUT2D eigenvalue weighted by molar-refractivity contribution is 7.26. The third-order valence-corrected chi connectivity index (χ3v) is 14.5. The lowest BCUT2D eigenvalue weighted by Crippen LogP contribution is -2.04.